The zero-order chi connectivity index (χ0) is 98.2. The first-order chi connectivity index (χ1) is 63.6. The van der Waals surface area contributed by atoms with Crippen molar-refractivity contribution in [3.05, 3.63) is 254 Å². The first-order valence-electron chi connectivity index (χ1n) is 43.6. The number of nitrogens with zero attached hydrogens (tertiary/aromatic N) is 14. The maximum absolute atomic E-state index is 13.2. The molecule has 6 N–H and O–H groups in total. The minimum Gasteiger partial charge on any atom is -0.493 e. The molecule has 134 heavy (non-hydrogen) atoms. The van der Waals surface area contributed by atoms with E-state index in [4.69, 9.17) is 34.6 Å². The molecule has 0 saturated heterocycles. The van der Waals surface area contributed by atoms with Gasteiger partial charge in [-0.15, -0.1) is 12.4 Å². The normalized spacial score (nSPS) is 12.1. The Morgan fingerprint density at radius 3 is 1.47 bits per heavy atom. The Morgan fingerprint density at radius 2 is 1.04 bits per heavy atom. The zero-order valence-electron chi connectivity index (χ0n) is 78.7. The minimum atomic E-state index is -4.64. The first-order valence-corrected chi connectivity index (χ1v) is 57.1. The fourth-order valence-corrected chi connectivity index (χ4v) is 30.0. The second kappa shape index (κ2) is 61.0. The fraction of sp³-hybridized carbons (Fsp3) is 0.381. The van der Waals surface area contributed by atoms with Crippen molar-refractivity contribution in [2.45, 2.75) is 198 Å². The number of aromatic carboxylic acids is 1. The maximum Gasteiger partial charge on any atom is 0.446 e. The number of carboxylic acid groups (broad SMARTS) is 1. The van der Waals surface area contributed by atoms with Gasteiger partial charge in [0.2, 0.25) is 6.29 Å². The molecular formula is C97H123Br3ClF4N17O10SiSn. The number of rotatable bonds is 27. The van der Waals surface area contributed by atoms with E-state index in [0.29, 0.717) is 84.8 Å². The average molecular weight is 2190 g/mol. The topological polar surface area (TPSA) is 376 Å². The molecule has 8 aromatic heterocycles. The van der Waals surface area contributed by atoms with Crippen molar-refractivity contribution in [2.75, 3.05) is 46.3 Å². The van der Waals surface area contributed by atoms with Crippen molar-refractivity contribution in [1.29, 1.82) is 0 Å². The molecule has 1 atom stereocenters. The van der Waals surface area contributed by atoms with Gasteiger partial charge in [0.15, 0.2) is 11.6 Å². The van der Waals surface area contributed by atoms with Gasteiger partial charge in [0, 0.05) is 197 Å². The number of ketones is 2. The summed E-state index contributed by atoms with van der Waals surface area (Å²) in [5, 5.41) is 17.3. The summed E-state index contributed by atoms with van der Waals surface area (Å²) in [5.74, 6) is -1.19. The number of aryl methyl sites for hydroxylation is 1. The number of aldehydes is 1. The van der Waals surface area contributed by atoms with Crippen LogP contribution in [0, 0.1) is 12.7 Å². The van der Waals surface area contributed by atoms with Crippen LogP contribution in [-0.4, -0.2) is 184 Å². The molecular weight excluding hydrogens is 2060 g/mol. The van der Waals surface area contributed by atoms with E-state index in [1.165, 1.54) is 121 Å². The molecule has 5 aliphatic rings. The van der Waals surface area contributed by atoms with Crippen LogP contribution in [0.25, 0.3) is 22.0 Å². The van der Waals surface area contributed by atoms with Gasteiger partial charge in [-0.1, -0.05) is 31.8 Å². The monoisotopic (exact) mass is 2180 g/mol. The van der Waals surface area contributed by atoms with Gasteiger partial charge >= 0.3 is 138 Å². The van der Waals surface area contributed by atoms with Gasteiger partial charge in [0.25, 0.3) is 0 Å². The summed E-state index contributed by atoms with van der Waals surface area (Å²) >= 11 is 7.82. The Balaban J connectivity index is 0.000000315. The maximum atomic E-state index is 13.2. The molecule has 37 heteroatoms. The third kappa shape index (κ3) is 37.8. The summed E-state index contributed by atoms with van der Waals surface area (Å²) in [6.07, 6.45) is 37.6. The number of ether oxygens (including phenoxy) is 4. The molecule has 0 aliphatic carbocycles. The molecule has 0 fully saturated rings. The summed E-state index contributed by atoms with van der Waals surface area (Å²) in [6, 6.07) is 12.1. The number of nitrogen functional groups attached to an aromatic ring is 1. The number of esters is 1. The van der Waals surface area contributed by atoms with E-state index in [-0.39, 0.29) is 41.3 Å². The number of carbonyl (C=O) groups excluding carboxylic acids is 4. The number of carboxylic acids is 1. The second-order valence-electron chi connectivity index (χ2n) is 31.4. The number of benzene rings is 2. The number of pyridine rings is 7. The molecule has 5 aliphatic heterocycles. The van der Waals surface area contributed by atoms with E-state index in [9.17, 15) is 36.7 Å². The molecule has 1 unspecified atom stereocenters. The zero-order valence-corrected chi connectivity index (χ0v) is 88.1. The smallest absolute Gasteiger partial charge is 0.446 e. The number of carbonyl (C=O) groups is 5. The van der Waals surface area contributed by atoms with E-state index in [0.717, 1.165) is 95.7 Å². The van der Waals surface area contributed by atoms with Crippen LogP contribution in [-0.2, 0) is 58.5 Å². The van der Waals surface area contributed by atoms with Crippen LogP contribution in [0.3, 0.4) is 0 Å². The Hall–Kier alpha value is -10.3. The molecule has 10 aromatic rings. The van der Waals surface area contributed by atoms with Crippen molar-refractivity contribution in [3.8, 4) is 16.9 Å². The van der Waals surface area contributed by atoms with E-state index >= 15 is 0 Å². The van der Waals surface area contributed by atoms with Crippen LogP contribution in [0.15, 0.2) is 184 Å². The Bertz CT molecular complexity index is 5460. The van der Waals surface area contributed by atoms with Gasteiger partial charge in [-0.2, -0.15) is 18.3 Å². The second-order valence-corrected chi connectivity index (χ2v) is 52.8. The molecule has 0 amide bonds. The number of aliphatic imine (C=N–C) groups is 5. The number of hydrogen-bond donors (Lipinski definition) is 4. The predicted molar refractivity (Wildman–Crippen MR) is 544 cm³/mol. The first kappa shape index (κ1) is 116. The number of Topliss-reactive ketones (excluding diaryl/α,β-unsaturated/α-hetero) is 2. The summed E-state index contributed by atoms with van der Waals surface area (Å²) in [6.45, 7) is 37.2. The number of fused-ring (bicyclic) bond motifs is 6. The number of aromatic nitrogens is 9. The number of nitrogens with two attached hydrogens (primary N) is 2. The number of hydrogen-bond acceptors (Lipinski definition) is 25. The van der Waals surface area contributed by atoms with Gasteiger partial charge in [0.1, 0.15) is 23.9 Å². The van der Waals surface area contributed by atoms with E-state index in [2.05, 4.69) is 185 Å². The van der Waals surface area contributed by atoms with Crippen LogP contribution >= 0.6 is 60.2 Å². The van der Waals surface area contributed by atoms with Crippen molar-refractivity contribution >= 4 is 164 Å². The molecule has 0 spiro atoms. The molecule has 15 rings (SSSR count). The van der Waals surface area contributed by atoms with E-state index < -0.39 is 44.9 Å². The van der Waals surface area contributed by atoms with Gasteiger partial charge in [-0.3, -0.25) is 74.2 Å². The number of halogens is 8. The standard InChI is InChI=1S/C15H13FO3.C15H23N3O3Si.C10H13N3.2C9H8N2O.2C7H5BrN2.C6H7BrN2.C4H7O.3C4H9.C2HF3O.CH5N.ClH.Sn/c1-2-19-14-9-11(15(17)18)6-7-13(14)10-4-3-5-12(16)8-10;1-5-21-15(19)13-10-16-8-12-9-17-18(14(12)13)11-20-6-7-22(2,3)4;1-7(11-2)9-5-12-3-8-4-13-6-10(8)9;2*1-6(12)8-4-10-2-7-3-11-5-9(7)8;2*8-7-4-10-2-5-1-9-3-6(5)7;1-4-2-9-3-5(7)6(4)8;1-3-5-4-2;3*1-3-4-2;3-2(4,5)1-6;1-2;;/h3-9H,2H2,1H3,(H,17,18);8-10H,5-7,11H2,1-4H3;3-5,7,11H,6H2,1-2H3;2*2-4H,5H2,1H3;2*1-2,4H,3H2;2-3H,1H3,(H2,8,9);1,4H2,2H3;3*1,3-4H2,2H3;1H;2H2,1H3;1H;. The number of anilines is 1. The molecule has 27 nitrogen and oxygen atoms in total. The van der Waals surface area contributed by atoms with E-state index in [1.54, 1.807) is 118 Å². The third-order valence-electron chi connectivity index (χ3n) is 20.6. The minimum absolute atomic E-state index is 0. The van der Waals surface area contributed by atoms with Crippen LogP contribution in [0.4, 0.5) is 23.2 Å². The molecule has 720 valence electrons. The van der Waals surface area contributed by atoms with Crippen molar-refractivity contribution in [2.24, 2.45) is 30.7 Å². The number of nitrogens with one attached hydrogen (secondary N) is 1. The summed E-state index contributed by atoms with van der Waals surface area (Å²) in [7, 11) is 2.35. The van der Waals surface area contributed by atoms with Gasteiger partial charge in [-0.05, 0) is 184 Å². The molecule has 0 saturated carbocycles. The molecule has 2 aromatic carbocycles. The number of alkyl halides is 3. The Morgan fingerprint density at radius 1 is 0.604 bits per heavy atom. The van der Waals surface area contributed by atoms with Crippen LogP contribution in [0.5, 0.6) is 5.75 Å². The van der Waals surface area contributed by atoms with Crippen molar-refractivity contribution in [1.82, 2.24) is 50.0 Å². The Labute approximate surface area is 819 Å². The van der Waals surface area contributed by atoms with Crippen LogP contribution in [0.2, 0.25) is 39.0 Å². The third-order valence-corrected chi connectivity index (χ3v) is 39.3. The van der Waals surface area contributed by atoms with Gasteiger partial charge in [0.05, 0.1) is 73.4 Å². The largest absolute Gasteiger partial charge is 0.493 e. The quantitative estimate of drug-likeness (QED) is 0.00706. The van der Waals surface area contributed by atoms with Gasteiger partial charge < -0.3 is 36.1 Å². The summed E-state index contributed by atoms with van der Waals surface area (Å²) in [4.78, 5) is 103. The van der Waals surface area contributed by atoms with Gasteiger partial charge in [-0.25, -0.2) is 18.7 Å². The SMILES string of the molecule is Brc1cncc2c1CN=C2.Brc1cncc2c1CN=C2.C=[C](OCC)[Sn]([CH2]CCC)([CH2]CCC)[CH2]CCC.CC(=O)c1cncc2c1CN=C2.CC(=O)c1cncc2c1CN=C2.CCOC(=O)c1cncc2cnn(COCC[Si](C)(C)C)c12.CCOc1cc(C(=O)O)ccc1-c1cccc(F)c1.CN.CNC(C)c1cncc2c1CN=C2.Cc1cncc(Br)c1N.Cl.O=CC(F)(F)F. The van der Waals surface area contributed by atoms with Crippen LogP contribution in [0.1, 0.15) is 215 Å². The number of unbranched alkanes of at least 4 members (excludes halogenated alkanes) is 3. The van der Waals surface area contributed by atoms with Crippen molar-refractivity contribution in [3.63, 3.8) is 0 Å². The average Bonchev–Trinajstić information content (AvgIpc) is 1.64. The van der Waals surface area contributed by atoms with Crippen LogP contribution < -0.4 is 21.5 Å². The van der Waals surface area contributed by atoms with Crippen molar-refractivity contribution < 1.29 is 65.6 Å². The molecule has 0 bridgehead atoms. The van der Waals surface area contributed by atoms with E-state index in [1.807, 2.05) is 64.3 Å². The molecule has 0 radical (unpaired) electrons. The Kier molecular flexibility index (Phi) is 52.8. The molecule has 13 heterocycles. The predicted octanol–water partition coefficient (Wildman–Crippen LogP) is 22.2. The fourth-order valence-electron chi connectivity index (χ4n) is 13.3. The summed E-state index contributed by atoms with van der Waals surface area (Å²) < 4.78 is 76.9. The summed E-state index contributed by atoms with van der Waals surface area (Å²) in [5.41, 5.74) is 28.3.